The van der Waals surface area contributed by atoms with Crippen LogP contribution in [0.3, 0.4) is 0 Å². The molecule has 0 radical (unpaired) electrons. The van der Waals surface area contributed by atoms with Gasteiger partial charge in [0, 0.05) is 38.5 Å². The van der Waals surface area contributed by atoms with E-state index in [-0.39, 0.29) is 23.7 Å². The van der Waals surface area contributed by atoms with Gasteiger partial charge >= 0.3 is 0 Å². The monoisotopic (exact) mass is 368 g/mol. The van der Waals surface area contributed by atoms with E-state index in [4.69, 9.17) is 23.2 Å². The molecule has 3 rings (SSSR count). The largest absolute Gasteiger partial charge is 0.342 e. The summed E-state index contributed by atoms with van der Waals surface area (Å²) in [6.07, 6.45) is 3.57. The Labute approximate surface area is 152 Å². The summed E-state index contributed by atoms with van der Waals surface area (Å²) in [6, 6.07) is 5.43. The zero-order chi connectivity index (χ0) is 17.3. The van der Waals surface area contributed by atoms with Crippen molar-refractivity contribution < 1.29 is 9.59 Å². The number of benzene rings is 1. The lowest BCUT2D eigenvalue weighted by atomic mass is 9.95. The summed E-state index contributed by atoms with van der Waals surface area (Å²) in [5, 5.41) is 1.02. The molecule has 0 atom stereocenters. The first-order chi connectivity index (χ1) is 11.5. The molecule has 0 unspecified atom stereocenters. The van der Waals surface area contributed by atoms with Gasteiger partial charge in [0.1, 0.15) is 0 Å². The molecule has 130 valence electrons. The molecule has 24 heavy (non-hydrogen) atoms. The van der Waals surface area contributed by atoms with E-state index in [0.29, 0.717) is 29.7 Å². The number of carbonyl (C=O) groups excluding carboxylic acids is 2. The molecule has 1 saturated carbocycles. The minimum atomic E-state index is 0.000949. The predicted molar refractivity (Wildman–Crippen MR) is 95.0 cm³/mol. The van der Waals surface area contributed by atoms with Crippen molar-refractivity contribution in [3.63, 3.8) is 0 Å². The Bertz CT molecular complexity index is 638. The fourth-order valence-corrected chi connectivity index (χ4v) is 3.56. The molecule has 2 aliphatic rings. The Morgan fingerprint density at radius 3 is 2.33 bits per heavy atom. The van der Waals surface area contributed by atoms with Gasteiger partial charge in [0.2, 0.25) is 11.8 Å². The normalized spacial score (nSPS) is 18.5. The Balaban J connectivity index is 1.52. The molecule has 1 heterocycles. The van der Waals surface area contributed by atoms with Crippen LogP contribution in [0.4, 0.5) is 0 Å². The first kappa shape index (κ1) is 17.6. The van der Waals surface area contributed by atoms with Crippen LogP contribution < -0.4 is 0 Å². The van der Waals surface area contributed by atoms with E-state index in [1.54, 1.807) is 17.0 Å². The number of hydrogen-bond donors (Lipinski definition) is 0. The van der Waals surface area contributed by atoms with Gasteiger partial charge in [0.25, 0.3) is 0 Å². The second kappa shape index (κ2) is 7.32. The summed E-state index contributed by atoms with van der Waals surface area (Å²) in [6.45, 7) is 1.91. The van der Waals surface area contributed by atoms with Crippen molar-refractivity contribution in [1.82, 2.24) is 9.80 Å². The number of rotatable bonds is 4. The molecule has 1 aromatic rings. The van der Waals surface area contributed by atoms with Crippen LogP contribution in [0.5, 0.6) is 0 Å². The molecule has 4 nitrogen and oxygen atoms in total. The van der Waals surface area contributed by atoms with E-state index in [0.717, 1.165) is 31.2 Å². The third-order valence-corrected chi connectivity index (χ3v) is 5.60. The van der Waals surface area contributed by atoms with Crippen LogP contribution in [0.1, 0.15) is 31.2 Å². The van der Waals surface area contributed by atoms with Crippen LogP contribution >= 0.6 is 23.2 Å². The Kier molecular flexibility index (Phi) is 5.36. The molecule has 2 fully saturated rings. The summed E-state index contributed by atoms with van der Waals surface area (Å²) >= 11 is 12.0. The van der Waals surface area contributed by atoms with Crippen molar-refractivity contribution in [2.24, 2.45) is 11.8 Å². The number of carbonyl (C=O) groups is 2. The molecule has 6 heteroatoms. The average molecular weight is 369 g/mol. The van der Waals surface area contributed by atoms with Crippen molar-refractivity contribution in [1.29, 1.82) is 0 Å². The smallest absolute Gasteiger partial charge is 0.225 e. The van der Waals surface area contributed by atoms with Gasteiger partial charge in [0.05, 0.1) is 10.0 Å². The van der Waals surface area contributed by atoms with Gasteiger partial charge in [0.15, 0.2) is 0 Å². The molecule has 2 amide bonds. The molecule has 1 saturated heterocycles. The SMILES string of the molecule is CN(Cc1ccc(Cl)c(Cl)c1)C(=O)C1CCN(C(=O)C2CC2)CC1. The molecule has 1 aliphatic carbocycles. The maximum atomic E-state index is 12.6. The van der Waals surface area contributed by atoms with E-state index >= 15 is 0 Å². The Morgan fingerprint density at radius 1 is 1.08 bits per heavy atom. The number of nitrogens with zero attached hydrogens (tertiary/aromatic N) is 2. The standard InChI is InChI=1S/C18H22Cl2N2O2/c1-21(11-12-2-5-15(19)16(20)10-12)17(23)14-6-8-22(9-7-14)18(24)13-3-4-13/h2,5,10,13-14H,3-4,6-9,11H2,1H3. The van der Waals surface area contributed by atoms with Gasteiger partial charge in [-0.15, -0.1) is 0 Å². The maximum Gasteiger partial charge on any atom is 0.225 e. The summed E-state index contributed by atoms with van der Waals surface area (Å²) < 4.78 is 0. The fourth-order valence-electron chi connectivity index (χ4n) is 3.24. The summed E-state index contributed by atoms with van der Waals surface area (Å²) in [5.41, 5.74) is 0.960. The number of halogens is 2. The van der Waals surface area contributed by atoms with Crippen molar-refractivity contribution in [2.75, 3.05) is 20.1 Å². The second-order valence-electron chi connectivity index (χ2n) is 6.82. The zero-order valence-corrected chi connectivity index (χ0v) is 15.3. The highest BCUT2D eigenvalue weighted by atomic mass is 35.5. The van der Waals surface area contributed by atoms with E-state index < -0.39 is 0 Å². The summed E-state index contributed by atoms with van der Waals surface area (Å²) in [7, 11) is 1.81. The van der Waals surface area contributed by atoms with Gasteiger partial charge in [-0.2, -0.15) is 0 Å². The van der Waals surface area contributed by atoms with Crippen molar-refractivity contribution in [2.45, 2.75) is 32.2 Å². The van der Waals surface area contributed by atoms with Crippen LogP contribution in [0.25, 0.3) is 0 Å². The number of hydrogen-bond acceptors (Lipinski definition) is 2. The lowest BCUT2D eigenvalue weighted by Gasteiger charge is -2.33. The number of amides is 2. The van der Waals surface area contributed by atoms with Gasteiger partial charge in [-0.3, -0.25) is 9.59 Å². The van der Waals surface area contributed by atoms with Gasteiger partial charge < -0.3 is 9.80 Å². The Morgan fingerprint density at radius 2 is 1.75 bits per heavy atom. The van der Waals surface area contributed by atoms with Crippen LogP contribution in [0, 0.1) is 11.8 Å². The van der Waals surface area contributed by atoms with Crippen molar-refractivity contribution in [3.8, 4) is 0 Å². The van der Waals surface area contributed by atoms with Crippen molar-refractivity contribution >= 4 is 35.0 Å². The highest BCUT2D eigenvalue weighted by Gasteiger charge is 2.36. The van der Waals surface area contributed by atoms with E-state index in [1.165, 1.54) is 0 Å². The van der Waals surface area contributed by atoms with E-state index in [1.807, 2.05) is 18.0 Å². The molecule has 0 aromatic heterocycles. The van der Waals surface area contributed by atoms with Gasteiger partial charge in [-0.25, -0.2) is 0 Å². The first-order valence-corrected chi connectivity index (χ1v) is 9.19. The highest BCUT2D eigenvalue weighted by molar-refractivity contribution is 6.42. The molecular formula is C18H22Cl2N2O2. The van der Waals surface area contributed by atoms with Gasteiger partial charge in [-0.1, -0.05) is 29.3 Å². The molecular weight excluding hydrogens is 347 g/mol. The topological polar surface area (TPSA) is 40.6 Å². The zero-order valence-electron chi connectivity index (χ0n) is 13.8. The lowest BCUT2D eigenvalue weighted by molar-refractivity contribution is -0.140. The second-order valence-corrected chi connectivity index (χ2v) is 7.63. The van der Waals surface area contributed by atoms with Crippen molar-refractivity contribution in [3.05, 3.63) is 33.8 Å². The highest BCUT2D eigenvalue weighted by Crippen LogP contribution is 2.32. The quantitative estimate of drug-likeness (QED) is 0.814. The molecule has 1 aromatic carbocycles. The van der Waals surface area contributed by atoms with E-state index in [2.05, 4.69) is 0 Å². The molecule has 0 spiro atoms. The fraction of sp³-hybridized carbons (Fsp3) is 0.556. The minimum absolute atomic E-state index is 0.000949. The Hall–Kier alpha value is -1.26. The third kappa shape index (κ3) is 4.04. The third-order valence-electron chi connectivity index (χ3n) is 4.86. The van der Waals surface area contributed by atoms with Crippen LogP contribution in [-0.2, 0) is 16.1 Å². The summed E-state index contributed by atoms with van der Waals surface area (Å²) in [5.74, 6) is 0.681. The van der Waals surface area contributed by atoms with Crippen LogP contribution in [0.15, 0.2) is 18.2 Å². The molecule has 1 aliphatic heterocycles. The first-order valence-electron chi connectivity index (χ1n) is 8.43. The predicted octanol–water partition coefficient (Wildman–Crippen LogP) is 3.60. The number of likely N-dealkylation sites (tertiary alicyclic amines) is 1. The number of piperidine rings is 1. The summed E-state index contributed by atoms with van der Waals surface area (Å²) in [4.78, 5) is 28.4. The lowest BCUT2D eigenvalue weighted by Crippen LogP contribution is -2.43. The van der Waals surface area contributed by atoms with Crippen LogP contribution in [0.2, 0.25) is 10.0 Å². The molecule has 0 N–H and O–H groups in total. The average Bonchev–Trinajstić information content (AvgIpc) is 3.42. The van der Waals surface area contributed by atoms with Gasteiger partial charge in [-0.05, 0) is 43.4 Å². The minimum Gasteiger partial charge on any atom is -0.342 e. The van der Waals surface area contributed by atoms with Crippen LogP contribution in [-0.4, -0.2) is 41.8 Å². The maximum absolute atomic E-state index is 12.6. The van der Waals surface area contributed by atoms with E-state index in [9.17, 15) is 9.59 Å². The molecule has 0 bridgehead atoms.